The molecule has 0 aromatic heterocycles. The van der Waals surface area contributed by atoms with Crippen molar-refractivity contribution in [2.24, 2.45) is 5.92 Å². The van der Waals surface area contributed by atoms with Gasteiger partial charge in [0.15, 0.2) is 0 Å². The smallest absolute Gasteiger partial charge is 0.229 e. The van der Waals surface area contributed by atoms with Gasteiger partial charge in [-0.2, -0.15) is 0 Å². The first-order valence-corrected chi connectivity index (χ1v) is 6.21. The normalized spacial score (nSPS) is 15.6. The van der Waals surface area contributed by atoms with E-state index in [0.29, 0.717) is 5.69 Å². The minimum absolute atomic E-state index is 0.181. The summed E-state index contributed by atoms with van der Waals surface area (Å²) in [5.41, 5.74) is 7.32. The molecule has 0 heterocycles. The van der Waals surface area contributed by atoms with Gasteiger partial charge in [-0.1, -0.05) is 22.4 Å². The van der Waals surface area contributed by atoms with Crippen LogP contribution in [0.25, 0.3) is 0 Å². The molecule has 1 aliphatic rings. The van der Waals surface area contributed by atoms with E-state index in [9.17, 15) is 4.79 Å². The van der Waals surface area contributed by atoms with E-state index in [1.165, 1.54) is 6.42 Å². The van der Waals surface area contributed by atoms with Gasteiger partial charge in [0.1, 0.15) is 0 Å². The Labute approximate surface area is 104 Å². The largest absolute Gasteiger partial charge is 0.397 e. The summed E-state index contributed by atoms with van der Waals surface area (Å²) in [6.07, 6.45) is 3.19. The van der Waals surface area contributed by atoms with Gasteiger partial charge in [-0.3, -0.25) is 4.79 Å². The summed E-state index contributed by atoms with van der Waals surface area (Å²) in [4.78, 5) is 13.7. The first-order valence-electron chi connectivity index (χ1n) is 5.42. The van der Waals surface area contributed by atoms with Crippen LogP contribution >= 0.6 is 15.9 Å². The SMILES string of the molecule is CN(C(=O)C1CCC1)c1ccc(Br)cc1N. The van der Waals surface area contributed by atoms with Crippen LogP contribution in [0.5, 0.6) is 0 Å². The summed E-state index contributed by atoms with van der Waals surface area (Å²) in [5, 5.41) is 0. The first kappa shape index (κ1) is 11.5. The molecular formula is C12H15BrN2O. The fourth-order valence-corrected chi connectivity index (χ4v) is 2.26. The van der Waals surface area contributed by atoms with Crippen molar-refractivity contribution in [1.29, 1.82) is 0 Å². The van der Waals surface area contributed by atoms with Gasteiger partial charge >= 0.3 is 0 Å². The van der Waals surface area contributed by atoms with E-state index in [-0.39, 0.29) is 11.8 Å². The molecule has 1 aromatic carbocycles. The highest BCUT2D eigenvalue weighted by molar-refractivity contribution is 9.10. The number of halogens is 1. The second-order valence-corrected chi connectivity index (χ2v) is 5.14. The maximum atomic E-state index is 12.0. The Bertz CT molecular complexity index is 415. The average Bonchev–Trinajstić information content (AvgIpc) is 2.14. The van der Waals surface area contributed by atoms with Crippen LogP contribution in [-0.4, -0.2) is 13.0 Å². The Morgan fingerprint density at radius 1 is 1.50 bits per heavy atom. The molecule has 1 amide bonds. The zero-order valence-corrected chi connectivity index (χ0v) is 10.8. The van der Waals surface area contributed by atoms with Gasteiger partial charge in [0, 0.05) is 17.4 Å². The molecule has 16 heavy (non-hydrogen) atoms. The number of nitrogen functional groups attached to an aromatic ring is 1. The summed E-state index contributed by atoms with van der Waals surface area (Å²) in [7, 11) is 1.79. The molecule has 2 N–H and O–H groups in total. The standard InChI is InChI=1S/C12H15BrN2O/c1-15(12(16)8-3-2-4-8)11-6-5-9(13)7-10(11)14/h5-8H,2-4,14H2,1H3. The number of hydrogen-bond donors (Lipinski definition) is 1. The fourth-order valence-electron chi connectivity index (χ4n) is 1.88. The van der Waals surface area contributed by atoms with Gasteiger partial charge in [-0.15, -0.1) is 0 Å². The van der Waals surface area contributed by atoms with Crippen LogP contribution in [0.2, 0.25) is 0 Å². The van der Waals surface area contributed by atoms with E-state index < -0.39 is 0 Å². The van der Waals surface area contributed by atoms with Crippen LogP contribution in [0.4, 0.5) is 11.4 Å². The Morgan fingerprint density at radius 3 is 2.69 bits per heavy atom. The fraction of sp³-hybridized carbons (Fsp3) is 0.417. The van der Waals surface area contributed by atoms with Crippen molar-refractivity contribution in [2.75, 3.05) is 17.7 Å². The molecule has 4 heteroatoms. The van der Waals surface area contributed by atoms with Crippen molar-refractivity contribution in [3.63, 3.8) is 0 Å². The van der Waals surface area contributed by atoms with Crippen LogP contribution in [0.1, 0.15) is 19.3 Å². The van der Waals surface area contributed by atoms with Crippen molar-refractivity contribution in [3.8, 4) is 0 Å². The van der Waals surface area contributed by atoms with Crippen molar-refractivity contribution in [1.82, 2.24) is 0 Å². The minimum Gasteiger partial charge on any atom is -0.397 e. The summed E-state index contributed by atoms with van der Waals surface area (Å²) < 4.78 is 0.929. The predicted molar refractivity (Wildman–Crippen MR) is 69.3 cm³/mol. The maximum Gasteiger partial charge on any atom is 0.229 e. The molecular weight excluding hydrogens is 268 g/mol. The van der Waals surface area contributed by atoms with Gasteiger partial charge in [0.25, 0.3) is 0 Å². The molecule has 0 spiro atoms. The minimum atomic E-state index is 0.181. The van der Waals surface area contributed by atoms with Gasteiger partial charge in [0.05, 0.1) is 11.4 Å². The van der Waals surface area contributed by atoms with Gasteiger partial charge in [-0.05, 0) is 31.0 Å². The molecule has 86 valence electrons. The number of nitrogens with zero attached hydrogens (tertiary/aromatic N) is 1. The highest BCUT2D eigenvalue weighted by atomic mass is 79.9. The number of anilines is 2. The van der Waals surface area contributed by atoms with E-state index >= 15 is 0 Å². The number of hydrogen-bond acceptors (Lipinski definition) is 2. The van der Waals surface area contributed by atoms with Crippen LogP contribution in [0.15, 0.2) is 22.7 Å². The van der Waals surface area contributed by atoms with Crippen molar-refractivity contribution in [2.45, 2.75) is 19.3 Å². The van der Waals surface area contributed by atoms with E-state index in [2.05, 4.69) is 15.9 Å². The molecule has 3 nitrogen and oxygen atoms in total. The second-order valence-electron chi connectivity index (χ2n) is 4.23. The van der Waals surface area contributed by atoms with Crippen LogP contribution in [0.3, 0.4) is 0 Å². The Morgan fingerprint density at radius 2 is 2.19 bits per heavy atom. The van der Waals surface area contributed by atoms with Crippen molar-refractivity contribution < 1.29 is 4.79 Å². The highest BCUT2D eigenvalue weighted by Crippen LogP contribution is 2.32. The van der Waals surface area contributed by atoms with E-state index in [4.69, 9.17) is 5.73 Å². The lowest BCUT2D eigenvalue weighted by atomic mass is 9.84. The zero-order chi connectivity index (χ0) is 11.7. The summed E-state index contributed by atoms with van der Waals surface area (Å²) in [5.74, 6) is 0.383. The third-order valence-corrected chi connectivity index (χ3v) is 3.63. The Kier molecular flexibility index (Phi) is 3.19. The number of carbonyl (C=O) groups is 1. The van der Waals surface area contributed by atoms with E-state index in [0.717, 1.165) is 23.0 Å². The molecule has 0 aliphatic heterocycles. The van der Waals surface area contributed by atoms with Gasteiger partial charge in [0.2, 0.25) is 5.91 Å². The zero-order valence-electron chi connectivity index (χ0n) is 9.24. The maximum absolute atomic E-state index is 12.0. The molecule has 0 atom stereocenters. The third kappa shape index (κ3) is 2.07. The molecule has 2 rings (SSSR count). The van der Waals surface area contributed by atoms with Crippen LogP contribution < -0.4 is 10.6 Å². The van der Waals surface area contributed by atoms with Crippen molar-refractivity contribution in [3.05, 3.63) is 22.7 Å². The molecule has 1 aliphatic carbocycles. The van der Waals surface area contributed by atoms with E-state index in [1.807, 2.05) is 18.2 Å². The number of carbonyl (C=O) groups excluding carboxylic acids is 1. The second kappa shape index (κ2) is 4.45. The molecule has 0 bridgehead atoms. The van der Waals surface area contributed by atoms with Gasteiger partial charge in [-0.25, -0.2) is 0 Å². The lowest BCUT2D eigenvalue weighted by molar-refractivity contribution is -0.124. The summed E-state index contributed by atoms with van der Waals surface area (Å²) >= 11 is 3.35. The van der Waals surface area contributed by atoms with Crippen molar-refractivity contribution >= 4 is 33.2 Å². The van der Waals surface area contributed by atoms with Crippen LogP contribution in [0, 0.1) is 5.92 Å². The lowest BCUT2D eigenvalue weighted by Crippen LogP contribution is -2.36. The predicted octanol–water partition coefficient (Wildman–Crippen LogP) is 2.79. The quantitative estimate of drug-likeness (QED) is 0.848. The van der Waals surface area contributed by atoms with Gasteiger partial charge < -0.3 is 10.6 Å². The van der Waals surface area contributed by atoms with Crippen LogP contribution in [-0.2, 0) is 4.79 Å². The summed E-state index contributed by atoms with van der Waals surface area (Å²) in [6.45, 7) is 0. The molecule has 1 fully saturated rings. The molecule has 1 saturated carbocycles. The molecule has 0 unspecified atom stereocenters. The first-order chi connectivity index (χ1) is 7.59. The number of amides is 1. The average molecular weight is 283 g/mol. The number of benzene rings is 1. The molecule has 0 radical (unpaired) electrons. The third-order valence-electron chi connectivity index (χ3n) is 3.14. The van der Waals surface area contributed by atoms with E-state index in [1.54, 1.807) is 11.9 Å². The Hall–Kier alpha value is -1.03. The monoisotopic (exact) mass is 282 g/mol. The highest BCUT2D eigenvalue weighted by Gasteiger charge is 2.28. The molecule has 0 saturated heterocycles. The number of rotatable bonds is 2. The Balaban J connectivity index is 2.19. The number of nitrogens with two attached hydrogens (primary N) is 1. The topological polar surface area (TPSA) is 46.3 Å². The lowest BCUT2D eigenvalue weighted by Gasteiger charge is -2.29. The summed E-state index contributed by atoms with van der Waals surface area (Å²) in [6, 6.07) is 5.59. The molecule has 1 aromatic rings.